The van der Waals surface area contributed by atoms with E-state index in [1.54, 1.807) is 0 Å². The molecule has 1 saturated heterocycles. The Bertz CT molecular complexity index is 311. The van der Waals surface area contributed by atoms with Gasteiger partial charge in [-0.05, 0) is 0 Å². The largest absolute Gasteiger partial charge is 0.229 e. The summed E-state index contributed by atoms with van der Waals surface area (Å²) in [5, 5.41) is 0. The van der Waals surface area contributed by atoms with Gasteiger partial charge in [-0.2, -0.15) is 0 Å². The highest BCUT2D eigenvalue weighted by Gasteiger charge is 2.45. The Kier molecular flexibility index (Phi) is 2.36. The predicted octanol–water partition coefficient (Wildman–Crippen LogP) is 1.84. The van der Waals surface area contributed by atoms with Gasteiger partial charge >= 0.3 is 0 Å². The van der Waals surface area contributed by atoms with Gasteiger partial charge in [-0.25, -0.2) is 8.42 Å². The topological polar surface area (TPSA) is 34.1 Å². The molecule has 1 fully saturated rings. The van der Waals surface area contributed by atoms with E-state index < -0.39 is 9.84 Å². The average molecular weight is 220 g/mol. The first-order valence-corrected chi connectivity index (χ1v) is 6.55. The molecule has 0 amide bonds. The highest BCUT2D eigenvalue weighted by molar-refractivity contribution is 7.92. The molecule has 0 aromatic rings. The third-order valence-electron chi connectivity index (χ3n) is 2.39. The van der Waals surface area contributed by atoms with Crippen LogP contribution in [0.5, 0.6) is 0 Å². The van der Waals surface area contributed by atoms with Crippen LogP contribution in [0.1, 0.15) is 27.7 Å². The van der Waals surface area contributed by atoms with Crippen molar-refractivity contribution in [3.05, 3.63) is 0 Å². The summed E-state index contributed by atoms with van der Waals surface area (Å²) in [5.41, 5.74) is -0.703. The van der Waals surface area contributed by atoms with Crippen molar-refractivity contribution in [2.45, 2.75) is 27.7 Å². The first kappa shape index (κ1) is 11.1. The lowest BCUT2D eigenvalue weighted by Gasteiger charge is -2.41. The standard InChI is InChI=1S/C9H16O2S2/c1-8(2)5-13(10,11)6-9(3,4)7(8)12/h5-6H2,1-4H3. The Labute approximate surface area is 85.6 Å². The predicted molar refractivity (Wildman–Crippen MR) is 58.8 cm³/mol. The van der Waals surface area contributed by atoms with Crippen LogP contribution in [-0.2, 0) is 9.84 Å². The molecule has 1 aliphatic rings. The molecule has 1 heterocycles. The zero-order chi connectivity index (χ0) is 10.5. The molecule has 0 unspecified atom stereocenters. The van der Waals surface area contributed by atoms with Gasteiger partial charge in [-0.3, -0.25) is 0 Å². The summed E-state index contributed by atoms with van der Waals surface area (Å²) in [5.74, 6) is 0.393. The van der Waals surface area contributed by atoms with Crippen molar-refractivity contribution >= 4 is 26.9 Å². The normalized spacial score (nSPS) is 30.0. The molecule has 0 aliphatic carbocycles. The molecule has 76 valence electrons. The van der Waals surface area contributed by atoms with Gasteiger partial charge in [-0.15, -0.1) is 0 Å². The van der Waals surface area contributed by atoms with Crippen LogP contribution in [0.25, 0.3) is 0 Å². The number of hydrogen-bond acceptors (Lipinski definition) is 3. The van der Waals surface area contributed by atoms with Crippen LogP contribution in [-0.4, -0.2) is 24.8 Å². The SMILES string of the molecule is CC1(C)CS(=O)(=O)CC(C)(C)C1=S. The van der Waals surface area contributed by atoms with Crippen molar-refractivity contribution < 1.29 is 8.42 Å². The average Bonchev–Trinajstić information content (AvgIpc) is 1.77. The van der Waals surface area contributed by atoms with Gasteiger partial charge in [0.15, 0.2) is 9.84 Å². The highest BCUT2D eigenvalue weighted by Crippen LogP contribution is 2.38. The van der Waals surface area contributed by atoms with Crippen molar-refractivity contribution in [2.24, 2.45) is 10.8 Å². The van der Waals surface area contributed by atoms with E-state index in [1.165, 1.54) is 0 Å². The second-order valence-electron chi connectivity index (χ2n) is 5.13. The third kappa shape index (κ3) is 2.10. The summed E-state index contributed by atoms with van der Waals surface area (Å²) >= 11 is 5.32. The van der Waals surface area contributed by atoms with E-state index >= 15 is 0 Å². The minimum atomic E-state index is -2.92. The van der Waals surface area contributed by atoms with Crippen LogP contribution >= 0.6 is 12.2 Å². The van der Waals surface area contributed by atoms with Crippen molar-refractivity contribution in [1.29, 1.82) is 0 Å². The molecule has 0 N–H and O–H groups in total. The Morgan fingerprint density at radius 1 is 1.08 bits per heavy atom. The van der Waals surface area contributed by atoms with E-state index in [0.717, 1.165) is 4.86 Å². The van der Waals surface area contributed by atoms with E-state index in [0.29, 0.717) is 0 Å². The monoisotopic (exact) mass is 220 g/mol. The molecule has 0 bridgehead atoms. The smallest absolute Gasteiger partial charge is 0.152 e. The number of rotatable bonds is 0. The molecule has 0 saturated carbocycles. The molecule has 1 aliphatic heterocycles. The third-order valence-corrected chi connectivity index (χ3v) is 5.82. The highest BCUT2D eigenvalue weighted by atomic mass is 32.2. The molecule has 0 aromatic carbocycles. The molecular weight excluding hydrogens is 204 g/mol. The summed E-state index contributed by atoms with van der Waals surface area (Å²) in [6, 6.07) is 0. The molecule has 0 atom stereocenters. The van der Waals surface area contributed by atoms with E-state index in [2.05, 4.69) is 0 Å². The van der Waals surface area contributed by atoms with Gasteiger partial charge in [0, 0.05) is 15.7 Å². The zero-order valence-electron chi connectivity index (χ0n) is 8.55. The molecule has 13 heavy (non-hydrogen) atoms. The first-order valence-electron chi connectivity index (χ1n) is 4.32. The van der Waals surface area contributed by atoms with Gasteiger partial charge in [0.2, 0.25) is 0 Å². The number of thiocarbonyl (C=S) groups is 1. The second kappa shape index (κ2) is 2.76. The van der Waals surface area contributed by atoms with Crippen LogP contribution in [0, 0.1) is 10.8 Å². The van der Waals surface area contributed by atoms with Crippen LogP contribution < -0.4 is 0 Å². The fourth-order valence-electron chi connectivity index (χ4n) is 2.20. The van der Waals surface area contributed by atoms with Crippen LogP contribution in [0.2, 0.25) is 0 Å². The maximum atomic E-state index is 11.6. The van der Waals surface area contributed by atoms with E-state index in [9.17, 15) is 8.42 Å². The Balaban J connectivity index is 3.18. The zero-order valence-corrected chi connectivity index (χ0v) is 10.2. The van der Waals surface area contributed by atoms with Gasteiger partial charge in [-0.1, -0.05) is 39.9 Å². The van der Waals surface area contributed by atoms with E-state index in [-0.39, 0.29) is 22.3 Å². The Hall–Kier alpha value is 0.0400. The first-order chi connectivity index (χ1) is 5.57. The lowest BCUT2D eigenvalue weighted by atomic mass is 9.76. The molecule has 0 radical (unpaired) electrons. The van der Waals surface area contributed by atoms with Crippen molar-refractivity contribution in [3.8, 4) is 0 Å². The van der Waals surface area contributed by atoms with Gasteiger partial charge < -0.3 is 0 Å². The van der Waals surface area contributed by atoms with Crippen molar-refractivity contribution in [2.75, 3.05) is 11.5 Å². The van der Waals surface area contributed by atoms with Crippen LogP contribution in [0.3, 0.4) is 0 Å². The summed E-state index contributed by atoms with van der Waals surface area (Å²) in [7, 11) is -2.92. The lowest BCUT2D eigenvalue weighted by molar-refractivity contribution is 0.454. The maximum Gasteiger partial charge on any atom is 0.152 e. The van der Waals surface area contributed by atoms with Gasteiger partial charge in [0.25, 0.3) is 0 Å². The molecule has 0 spiro atoms. The fourth-order valence-corrected chi connectivity index (χ4v) is 5.11. The van der Waals surface area contributed by atoms with Crippen molar-refractivity contribution in [3.63, 3.8) is 0 Å². The summed E-state index contributed by atoms with van der Waals surface area (Å²) in [6.07, 6.45) is 0. The van der Waals surface area contributed by atoms with E-state index in [1.807, 2.05) is 27.7 Å². The Morgan fingerprint density at radius 2 is 1.38 bits per heavy atom. The molecular formula is C9H16O2S2. The minimum Gasteiger partial charge on any atom is -0.229 e. The van der Waals surface area contributed by atoms with Gasteiger partial charge in [0.1, 0.15) is 0 Å². The quantitative estimate of drug-likeness (QED) is 0.584. The van der Waals surface area contributed by atoms with Crippen molar-refractivity contribution in [1.82, 2.24) is 0 Å². The number of sulfone groups is 1. The fraction of sp³-hybridized carbons (Fsp3) is 0.889. The van der Waals surface area contributed by atoms with Gasteiger partial charge in [0.05, 0.1) is 11.5 Å². The number of hydrogen-bond donors (Lipinski definition) is 0. The molecule has 2 nitrogen and oxygen atoms in total. The molecule has 0 aromatic heterocycles. The lowest BCUT2D eigenvalue weighted by Crippen LogP contribution is -2.49. The maximum absolute atomic E-state index is 11.6. The minimum absolute atomic E-state index is 0.197. The second-order valence-corrected chi connectivity index (χ2v) is 7.60. The molecule has 4 heteroatoms. The molecule has 1 rings (SSSR count). The summed E-state index contributed by atoms with van der Waals surface area (Å²) in [6.45, 7) is 7.64. The Morgan fingerprint density at radius 3 is 1.69 bits per heavy atom. The van der Waals surface area contributed by atoms with E-state index in [4.69, 9.17) is 12.2 Å². The summed E-state index contributed by atoms with van der Waals surface area (Å²) in [4.78, 5) is 0.884. The summed E-state index contributed by atoms with van der Waals surface area (Å²) < 4.78 is 23.1. The van der Waals surface area contributed by atoms with Crippen LogP contribution in [0.15, 0.2) is 0 Å². The van der Waals surface area contributed by atoms with Crippen LogP contribution in [0.4, 0.5) is 0 Å².